The zero-order valence-corrected chi connectivity index (χ0v) is 10.5. The molecule has 2 aromatic rings. The molecule has 2 rings (SSSR count). The molecule has 0 aliphatic carbocycles. The third-order valence-electron chi connectivity index (χ3n) is 3.03. The summed E-state index contributed by atoms with van der Waals surface area (Å²) in [7, 11) is 0. The first kappa shape index (κ1) is 11.8. The van der Waals surface area contributed by atoms with E-state index in [0.717, 1.165) is 11.1 Å². The number of rotatable bonds is 2. The highest BCUT2D eigenvalue weighted by Gasteiger charge is 2.11. The molecule has 17 heavy (non-hydrogen) atoms. The maximum Gasteiger partial charge on any atom is 0.133 e. The summed E-state index contributed by atoms with van der Waals surface area (Å²) >= 11 is 0. The zero-order valence-electron chi connectivity index (χ0n) is 10.5. The molecule has 88 valence electrons. The summed E-state index contributed by atoms with van der Waals surface area (Å²) in [6.07, 6.45) is 0. The van der Waals surface area contributed by atoms with Gasteiger partial charge in [-0.2, -0.15) is 0 Å². The van der Waals surface area contributed by atoms with Crippen molar-refractivity contribution in [3.05, 3.63) is 59.4 Å². The SMILES string of the molecule is Cc1cc(C(C)C)cc(-c2ccccc2)c1F. The Balaban J connectivity index is 2.61. The van der Waals surface area contributed by atoms with Gasteiger partial charge in [-0.05, 0) is 35.6 Å². The normalized spacial score (nSPS) is 10.9. The maximum atomic E-state index is 14.1. The van der Waals surface area contributed by atoms with Crippen LogP contribution in [0.3, 0.4) is 0 Å². The fourth-order valence-electron chi connectivity index (χ4n) is 1.96. The molecule has 0 spiro atoms. The van der Waals surface area contributed by atoms with E-state index >= 15 is 0 Å². The standard InChI is InChI=1S/C16H17F/c1-11(2)14-9-12(3)16(17)15(10-14)13-7-5-4-6-8-13/h4-11H,1-3H3. The molecular weight excluding hydrogens is 211 g/mol. The molecule has 0 fully saturated rings. The lowest BCUT2D eigenvalue weighted by atomic mass is 9.94. The van der Waals surface area contributed by atoms with Crippen LogP contribution in [0, 0.1) is 12.7 Å². The molecule has 0 bridgehead atoms. The second-order valence-corrected chi connectivity index (χ2v) is 4.72. The van der Waals surface area contributed by atoms with Crippen LogP contribution >= 0.6 is 0 Å². The van der Waals surface area contributed by atoms with Gasteiger partial charge in [-0.25, -0.2) is 4.39 Å². The van der Waals surface area contributed by atoms with Crippen molar-refractivity contribution in [1.29, 1.82) is 0 Å². The Morgan fingerprint density at radius 2 is 1.65 bits per heavy atom. The van der Waals surface area contributed by atoms with Crippen LogP contribution in [-0.4, -0.2) is 0 Å². The third-order valence-corrected chi connectivity index (χ3v) is 3.03. The summed E-state index contributed by atoms with van der Waals surface area (Å²) in [5, 5.41) is 0. The summed E-state index contributed by atoms with van der Waals surface area (Å²) in [6.45, 7) is 6.08. The zero-order chi connectivity index (χ0) is 12.4. The molecule has 0 heterocycles. The molecule has 0 atom stereocenters. The minimum absolute atomic E-state index is 0.111. The monoisotopic (exact) mass is 228 g/mol. The molecule has 0 N–H and O–H groups in total. The van der Waals surface area contributed by atoms with E-state index < -0.39 is 0 Å². The number of benzene rings is 2. The average molecular weight is 228 g/mol. The molecular formula is C16H17F. The summed E-state index contributed by atoms with van der Waals surface area (Å²) in [6, 6.07) is 13.6. The van der Waals surface area contributed by atoms with E-state index in [0.29, 0.717) is 11.5 Å². The van der Waals surface area contributed by atoms with E-state index in [1.807, 2.05) is 49.4 Å². The summed E-state index contributed by atoms with van der Waals surface area (Å²) in [4.78, 5) is 0. The lowest BCUT2D eigenvalue weighted by Crippen LogP contribution is -1.95. The van der Waals surface area contributed by atoms with Crippen LogP contribution in [0.25, 0.3) is 11.1 Å². The molecule has 0 unspecified atom stereocenters. The fraction of sp³-hybridized carbons (Fsp3) is 0.250. The summed E-state index contributed by atoms with van der Waals surface area (Å²) in [5.41, 5.74) is 3.54. The van der Waals surface area contributed by atoms with Crippen LogP contribution in [0.5, 0.6) is 0 Å². The van der Waals surface area contributed by atoms with E-state index in [4.69, 9.17) is 0 Å². The molecule has 0 amide bonds. The van der Waals surface area contributed by atoms with Crippen molar-refractivity contribution in [3.8, 4) is 11.1 Å². The Morgan fingerprint density at radius 3 is 2.24 bits per heavy atom. The van der Waals surface area contributed by atoms with E-state index in [1.165, 1.54) is 5.56 Å². The highest BCUT2D eigenvalue weighted by Crippen LogP contribution is 2.29. The van der Waals surface area contributed by atoms with Gasteiger partial charge in [0.15, 0.2) is 0 Å². The highest BCUT2D eigenvalue weighted by atomic mass is 19.1. The first-order chi connectivity index (χ1) is 8.09. The maximum absolute atomic E-state index is 14.1. The second kappa shape index (κ2) is 4.70. The average Bonchev–Trinajstić information content (AvgIpc) is 2.33. The fourth-order valence-corrected chi connectivity index (χ4v) is 1.96. The topological polar surface area (TPSA) is 0 Å². The van der Waals surface area contributed by atoms with Gasteiger partial charge in [-0.3, -0.25) is 0 Å². The Kier molecular flexibility index (Phi) is 3.28. The van der Waals surface area contributed by atoms with E-state index in [1.54, 1.807) is 0 Å². The van der Waals surface area contributed by atoms with Gasteiger partial charge in [0, 0.05) is 5.56 Å². The van der Waals surface area contributed by atoms with Crippen molar-refractivity contribution >= 4 is 0 Å². The molecule has 0 aliphatic heterocycles. The van der Waals surface area contributed by atoms with Gasteiger partial charge in [0.1, 0.15) is 5.82 Å². The van der Waals surface area contributed by atoms with Crippen molar-refractivity contribution in [2.45, 2.75) is 26.7 Å². The van der Waals surface area contributed by atoms with Crippen molar-refractivity contribution in [3.63, 3.8) is 0 Å². The van der Waals surface area contributed by atoms with E-state index in [-0.39, 0.29) is 5.82 Å². The van der Waals surface area contributed by atoms with E-state index in [2.05, 4.69) is 13.8 Å². The quantitative estimate of drug-likeness (QED) is 0.684. The Morgan fingerprint density at radius 1 is 1.00 bits per heavy atom. The Bertz CT molecular complexity index is 513. The minimum Gasteiger partial charge on any atom is -0.206 e. The Labute approximate surface area is 102 Å². The van der Waals surface area contributed by atoms with Gasteiger partial charge in [-0.15, -0.1) is 0 Å². The summed E-state index contributed by atoms with van der Waals surface area (Å²) < 4.78 is 14.1. The first-order valence-corrected chi connectivity index (χ1v) is 5.95. The van der Waals surface area contributed by atoms with E-state index in [9.17, 15) is 4.39 Å². The predicted molar refractivity (Wildman–Crippen MR) is 70.7 cm³/mol. The van der Waals surface area contributed by atoms with Crippen molar-refractivity contribution < 1.29 is 4.39 Å². The van der Waals surface area contributed by atoms with Gasteiger partial charge >= 0.3 is 0 Å². The molecule has 0 radical (unpaired) electrons. The van der Waals surface area contributed by atoms with Gasteiger partial charge in [0.2, 0.25) is 0 Å². The first-order valence-electron chi connectivity index (χ1n) is 5.95. The molecule has 0 saturated carbocycles. The highest BCUT2D eigenvalue weighted by molar-refractivity contribution is 5.66. The minimum atomic E-state index is -0.111. The molecule has 0 saturated heterocycles. The lowest BCUT2D eigenvalue weighted by molar-refractivity contribution is 0.620. The number of hydrogen-bond acceptors (Lipinski definition) is 0. The number of halogens is 1. The molecule has 0 aliphatic rings. The number of hydrogen-bond donors (Lipinski definition) is 0. The van der Waals surface area contributed by atoms with Crippen molar-refractivity contribution in [2.75, 3.05) is 0 Å². The van der Waals surface area contributed by atoms with Crippen LogP contribution in [0.1, 0.15) is 30.9 Å². The molecule has 2 aromatic carbocycles. The molecule has 0 aromatic heterocycles. The Hall–Kier alpha value is -1.63. The summed E-state index contributed by atoms with van der Waals surface area (Å²) in [5.74, 6) is 0.303. The third kappa shape index (κ3) is 2.38. The van der Waals surface area contributed by atoms with Crippen molar-refractivity contribution in [2.24, 2.45) is 0 Å². The molecule has 0 nitrogen and oxygen atoms in total. The second-order valence-electron chi connectivity index (χ2n) is 4.72. The van der Waals surface area contributed by atoms with Crippen LogP contribution in [-0.2, 0) is 0 Å². The number of aryl methyl sites for hydroxylation is 1. The predicted octanol–water partition coefficient (Wildman–Crippen LogP) is 4.92. The van der Waals surface area contributed by atoms with Crippen LogP contribution in [0.2, 0.25) is 0 Å². The lowest BCUT2D eigenvalue weighted by Gasteiger charge is -2.12. The van der Waals surface area contributed by atoms with Crippen LogP contribution in [0.4, 0.5) is 4.39 Å². The van der Waals surface area contributed by atoms with Gasteiger partial charge in [0.25, 0.3) is 0 Å². The van der Waals surface area contributed by atoms with Crippen LogP contribution < -0.4 is 0 Å². The van der Waals surface area contributed by atoms with Gasteiger partial charge < -0.3 is 0 Å². The smallest absolute Gasteiger partial charge is 0.133 e. The van der Waals surface area contributed by atoms with Gasteiger partial charge in [-0.1, -0.05) is 50.2 Å². The van der Waals surface area contributed by atoms with Gasteiger partial charge in [0.05, 0.1) is 0 Å². The van der Waals surface area contributed by atoms with Crippen LogP contribution in [0.15, 0.2) is 42.5 Å². The molecule has 1 heteroatoms. The largest absolute Gasteiger partial charge is 0.206 e. The van der Waals surface area contributed by atoms with Crippen molar-refractivity contribution in [1.82, 2.24) is 0 Å².